The summed E-state index contributed by atoms with van der Waals surface area (Å²) in [7, 11) is 0. The van der Waals surface area contributed by atoms with E-state index in [0.29, 0.717) is 44.5 Å². The third-order valence-corrected chi connectivity index (χ3v) is 22.9. The molecule has 3 aliphatic rings. The summed E-state index contributed by atoms with van der Waals surface area (Å²) in [5, 5.41) is 75.3. The van der Waals surface area contributed by atoms with Gasteiger partial charge in [0.25, 0.3) is 0 Å². The van der Waals surface area contributed by atoms with Crippen molar-refractivity contribution in [1.82, 2.24) is 0 Å². The van der Waals surface area contributed by atoms with Gasteiger partial charge in [0.15, 0.2) is 11.6 Å². The quantitative estimate of drug-likeness (QED) is 0.0956. The highest BCUT2D eigenvalue weighted by Crippen LogP contribution is 2.62. The van der Waals surface area contributed by atoms with Gasteiger partial charge in [-0.25, -0.2) is 0 Å². The van der Waals surface area contributed by atoms with Crippen molar-refractivity contribution < 1.29 is 39.4 Å². The van der Waals surface area contributed by atoms with E-state index in [0.717, 1.165) is 86.2 Å². The molecule has 2 spiro atoms. The molecular formula is C94H72O8. The van der Waals surface area contributed by atoms with Crippen LogP contribution in [0.5, 0.6) is 0 Å². The second-order valence-corrected chi connectivity index (χ2v) is 28.3. The first kappa shape index (κ1) is 62.3. The van der Waals surface area contributed by atoms with Crippen molar-refractivity contribution in [1.29, 1.82) is 0 Å². The van der Waals surface area contributed by atoms with Crippen LogP contribution in [0, 0.1) is 0 Å². The SMILES string of the molecule is OC(c1cccc2ccccc12)(c1cccc2ccccc12)[C@@H]1OC2(CCC3(CC2)O[C@@H](C(O)(c2cccc4ccccc24)c2cccc4ccccc24)[C@H](C(O)(c2cccc4ccccc24)c2cccc4ccccc24)O3)O[C@H]1C(O)(c1cccc2ccccc12)c1cccc2ccccc12. The molecule has 102 heavy (non-hydrogen) atoms. The molecule has 496 valence electrons. The summed E-state index contributed by atoms with van der Waals surface area (Å²) in [6, 6.07) is 113. The predicted octanol–water partition coefficient (Wildman–Crippen LogP) is 19.5. The van der Waals surface area contributed by atoms with Crippen LogP contribution in [-0.4, -0.2) is 56.4 Å². The Kier molecular flexibility index (Phi) is 14.6. The van der Waals surface area contributed by atoms with Gasteiger partial charge in [-0.15, -0.1) is 0 Å². The van der Waals surface area contributed by atoms with Crippen LogP contribution in [0.1, 0.15) is 70.2 Å². The van der Waals surface area contributed by atoms with Crippen LogP contribution in [0.15, 0.2) is 340 Å². The summed E-state index contributed by atoms with van der Waals surface area (Å²) >= 11 is 0. The molecular weight excluding hydrogens is 1260 g/mol. The van der Waals surface area contributed by atoms with Crippen LogP contribution in [-0.2, 0) is 41.4 Å². The van der Waals surface area contributed by atoms with Gasteiger partial charge in [0.2, 0.25) is 0 Å². The zero-order valence-corrected chi connectivity index (χ0v) is 55.9. The highest BCUT2D eigenvalue weighted by atomic mass is 16.8. The maximum absolute atomic E-state index is 15.4. The van der Waals surface area contributed by atoms with Crippen LogP contribution in [0.4, 0.5) is 0 Å². The van der Waals surface area contributed by atoms with Crippen molar-refractivity contribution >= 4 is 86.2 Å². The molecule has 16 aromatic carbocycles. The van der Waals surface area contributed by atoms with E-state index in [1.165, 1.54) is 0 Å². The molecule has 3 fully saturated rings. The minimum atomic E-state index is -2.08. The fourth-order valence-corrected chi connectivity index (χ4v) is 18.2. The molecule has 16 aromatic rings. The topological polar surface area (TPSA) is 118 Å². The zero-order chi connectivity index (χ0) is 68.4. The Morgan fingerprint density at radius 1 is 0.186 bits per heavy atom. The first-order valence-corrected chi connectivity index (χ1v) is 35.5. The molecule has 0 aromatic heterocycles. The largest absolute Gasteiger partial charge is 0.377 e. The van der Waals surface area contributed by atoms with E-state index in [1.807, 2.05) is 243 Å². The smallest absolute Gasteiger partial charge is 0.170 e. The van der Waals surface area contributed by atoms with Gasteiger partial charge in [-0.05, 0) is 131 Å². The lowest BCUT2D eigenvalue weighted by molar-refractivity contribution is -0.278. The fraction of sp³-hybridized carbons (Fsp3) is 0.149. The summed E-state index contributed by atoms with van der Waals surface area (Å²) in [6.07, 6.45) is -5.09. The monoisotopic (exact) mass is 1330 g/mol. The van der Waals surface area contributed by atoms with Crippen molar-refractivity contribution in [3.63, 3.8) is 0 Å². The van der Waals surface area contributed by atoms with E-state index in [2.05, 4.69) is 97.1 Å². The molecule has 4 N–H and O–H groups in total. The Labute approximate surface area is 590 Å². The van der Waals surface area contributed by atoms with Gasteiger partial charge >= 0.3 is 0 Å². The predicted molar refractivity (Wildman–Crippen MR) is 407 cm³/mol. The van der Waals surface area contributed by atoms with Crippen molar-refractivity contribution in [3.8, 4) is 0 Å². The normalized spacial score (nSPS) is 18.6. The zero-order valence-electron chi connectivity index (χ0n) is 55.9. The van der Waals surface area contributed by atoms with E-state index < -0.39 is 58.4 Å². The summed E-state index contributed by atoms with van der Waals surface area (Å²) in [4.78, 5) is 0. The maximum atomic E-state index is 15.4. The Morgan fingerprint density at radius 2 is 0.314 bits per heavy atom. The second kappa shape index (κ2) is 24.0. The minimum Gasteiger partial charge on any atom is -0.377 e. The molecule has 2 saturated heterocycles. The summed E-state index contributed by atoms with van der Waals surface area (Å²) in [5.41, 5.74) is -3.69. The number of hydrogen-bond donors (Lipinski definition) is 4. The van der Waals surface area contributed by atoms with Crippen LogP contribution < -0.4 is 0 Å². The van der Waals surface area contributed by atoms with Gasteiger partial charge in [-0.3, -0.25) is 0 Å². The third kappa shape index (κ3) is 9.45. The van der Waals surface area contributed by atoms with E-state index in [1.54, 1.807) is 0 Å². The molecule has 8 nitrogen and oxygen atoms in total. The van der Waals surface area contributed by atoms with Gasteiger partial charge in [0.1, 0.15) is 46.8 Å². The molecule has 8 heteroatoms. The summed E-state index contributed by atoms with van der Waals surface area (Å²) < 4.78 is 32.4. The minimum absolute atomic E-state index is 0.101. The second-order valence-electron chi connectivity index (χ2n) is 28.3. The maximum Gasteiger partial charge on any atom is 0.170 e. The molecule has 0 bridgehead atoms. The lowest BCUT2D eigenvalue weighted by Crippen LogP contribution is -2.55. The number of fused-ring (bicyclic) bond motifs is 8. The highest BCUT2D eigenvalue weighted by Gasteiger charge is 2.69. The van der Waals surface area contributed by atoms with Crippen LogP contribution in [0.2, 0.25) is 0 Å². The average molecular weight is 1330 g/mol. The summed E-state index contributed by atoms with van der Waals surface area (Å²) in [6.45, 7) is 0. The number of ether oxygens (including phenoxy) is 4. The molecule has 2 heterocycles. The van der Waals surface area contributed by atoms with Gasteiger partial charge in [-0.2, -0.15) is 0 Å². The molecule has 1 saturated carbocycles. The lowest BCUT2D eigenvalue weighted by atomic mass is 9.69. The third-order valence-electron chi connectivity index (χ3n) is 22.9. The van der Waals surface area contributed by atoms with Crippen molar-refractivity contribution in [3.05, 3.63) is 384 Å². The van der Waals surface area contributed by atoms with Crippen LogP contribution in [0.25, 0.3) is 86.2 Å². The van der Waals surface area contributed by atoms with Gasteiger partial charge < -0.3 is 39.4 Å². The van der Waals surface area contributed by atoms with Crippen molar-refractivity contribution in [2.45, 2.75) is 84.1 Å². The Balaban J connectivity index is 0.848. The molecule has 1 aliphatic carbocycles. The highest BCUT2D eigenvalue weighted by molar-refractivity contribution is 5.96. The molecule has 4 atom stereocenters. The molecule has 0 amide bonds. The first-order valence-electron chi connectivity index (χ1n) is 35.5. The van der Waals surface area contributed by atoms with Crippen molar-refractivity contribution in [2.75, 3.05) is 0 Å². The Bertz CT molecular complexity index is 4890. The van der Waals surface area contributed by atoms with Crippen molar-refractivity contribution in [2.24, 2.45) is 0 Å². The number of hydrogen-bond acceptors (Lipinski definition) is 8. The standard InChI is InChI=1S/C94H72O8/c95-91(77-49-17-33-61-25-1-9-41-69(61)77,78-50-18-34-62-26-2-10-42-70(62)78)85-86(92(96,79-51-19-35-63-27-3-11-43-71(63)79)80-52-20-36-64-28-4-12-44-72(64)80)100-89(99-85)57-59-90(60-58-89)101-87(93(97,81-53-21-37-65-29-5-13-45-73(65)81)82-54-22-38-66-30-6-14-46-74(66)82)88(102-90)94(98,83-55-23-39-67-31-7-15-47-75(67)83)84-56-24-40-68-32-8-16-48-76(68)84/h1-56,85-88,95-98H,57-60H2/t85-,86-,87-,88-/m1/s1. The Hall–Kier alpha value is -10.7. The Morgan fingerprint density at radius 3 is 0.461 bits per heavy atom. The average Bonchev–Trinajstić information content (AvgIpc) is 1.48. The molecule has 0 unspecified atom stereocenters. The molecule has 19 rings (SSSR count). The van der Waals surface area contributed by atoms with E-state index >= 15 is 20.4 Å². The first-order chi connectivity index (χ1) is 50.0. The van der Waals surface area contributed by atoms with E-state index in [9.17, 15) is 0 Å². The van der Waals surface area contributed by atoms with E-state index in [-0.39, 0.29) is 25.7 Å². The van der Waals surface area contributed by atoms with Crippen LogP contribution >= 0.6 is 0 Å². The summed E-state index contributed by atoms with van der Waals surface area (Å²) in [5.74, 6) is -3.15. The number of benzene rings is 16. The van der Waals surface area contributed by atoms with Gasteiger partial charge in [-0.1, -0.05) is 340 Å². The van der Waals surface area contributed by atoms with E-state index in [4.69, 9.17) is 18.9 Å². The number of rotatable bonds is 12. The number of aliphatic hydroxyl groups is 4. The van der Waals surface area contributed by atoms with Gasteiger partial charge in [0.05, 0.1) is 0 Å². The fourth-order valence-electron chi connectivity index (χ4n) is 18.2. The lowest BCUT2D eigenvalue weighted by Gasteiger charge is -2.43. The van der Waals surface area contributed by atoms with Crippen LogP contribution in [0.3, 0.4) is 0 Å². The molecule has 2 aliphatic heterocycles. The van der Waals surface area contributed by atoms with Gasteiger partial charge in [0, 0.05) is 25.7 Å². The molecule has 0 radical (unpaired) electrons.